The zero-order chi connectivity index (χ0) is 19.7. The van der Waals surface area contributed by atoms with E-state index in [0.717, 1.165) is 31.6 Å². The van der Waals surface area contributed by atoms with E-state index in [4.69, 9.17) is 16.3 Å². The molecule has 1 saturated heterocycles. The summed E-state index contributed by atoms with van der Waals surface area (Å²) in [5.41, 5.74) is 2.05. The summed E-state index contributed by atoms with van der Waals surface area (Å²) in [6, 6.07) is 8.94. The van der Waals surface area contributed by atoms with Gasteiger partial charge in [-0.25, -0.2) is 0 Å². The number of nitrogens with zero attached hydrogens (tertiary/aromatic N) is 2. The molecule has 0 radical (unpaired) electrons. The average molecular weight is 400 g/mol. The second-order valence-electron chi connectivity index (χ2n) is 7.31. The van der Waals surface area contributed by atoms with Gasteiger partial charge in [0.05, 0.1) is 16.4 Å². The molecular weight excluding hydrogens is 378 g/mol. The summed E-state index contributed by atoms with van der Waals surface area (Å²) < 4.78 is 5.56. The number of halogens is 1. The molecule has 0 spiro atoms. The second-order valence-corrected chi connectivity index (χ2v) is 7.71. The van der Waals surface area contributed by atoms with E-state index in [2.05, 4.69) is 15.2 Å². The summed E-state index contributed by atoms with van der Waals surface area (Å²) in [4.78, 5) is 31.4. The molecule has 7 heteroatoms. The van der Waals surface area contributed by atoms with Gasteiger partial charge in [-0.1, -0.05) is 11.6 Å². The first-order valence-electron chi connectivity index (χ1n) is 9.49. The van der Waals surface area contributed by atoms with Crippen LogP contribution < -0.4 is 10.1 Å². The molecule has 4 rings (SSSR count). The van der Waals surface area contributed by atoms with Crippen molar-refractivity contribution in [2.24, 2.45) is 5.92 Å². The summed E-state index contributed by atoms with van der Waals surface area (Å²) in [5, 5.41) is 3.48. The molecule has 146 valence electrons. The number of rotatable bonds is 4. The van der Waals surface area contributed by atoms with Crippen molar-refractivity contribution in [3.8, 4) is 5.75 Å². The van der Waals surface area contributed by atoms with Crippen LogP contribution in [0.2, 0.25) is 5.02 Å². The third kappa shape index (κ3) is 3.88. The molecule has 0 saturated carbocycles. The zero-order valence-electron chi connectivity index (χ0n) is 15.7. The molecular formula is C21H22ClN3O3. The molecule has 1 unspecified atom stereocenters. The number of amides is 1. The number of carbonyl (C=O) groups excluding carboxylic acids is 2. The molecule has 1 aromatic heterocycles. The van der Waals surface area contributed by atoms with Crippen LogP contribution in [0.15, 0.2) is 36.5 Å². The van der Waals surface area contributed by atoms with Gasteiger partial charge in [0.2, 0.25) is 0 Å². The Balaban J connectivity index is 1.39. The molecule has 2 aromatic rings. The van der Waals surface area contributed by atoms with Crippen LogP contribution in [0, 0.1) is 5.92 Å². The summed E-state index contributed by atoms with van der Waals surface area (Å²) in [6.45, 7) is 4.04. The number of aromatic nitrogens is 1. The van der Waals surface area contributed by atoms with Crippen molar-refractivity contribution in [2.75, 3.05) is 18.4 Å². The second kappa shape index (κ2) is 7.89. The maximum Gasteiger partial charge on any atom is 0.265 e. The van der Waals surface area contributed by atoms with Crippen molar-refractivity contribution in [3.63, 3.8) is 0 Å². The molecule has 3 heterocycles. The van der Waals surface area contributed by atoms with Crippen LogP contribution in [0.3, 0.4) is 0 Å². The number of carbonyl (C=O) groups is 2. The fraction of sp³-hybridized carbons (Fsp3) is 0.381. The highest BCUT2D eigenvalue weighted by molar-refractivity contribution is 6.31. The number of hydrogen-bond donors (Lipinski definition) is 1. The highest BCUT2D eigenvalue weighted by atomic mass is 35.5. The van der Waals surface area contributed by atoms with Gasteiger partial charge in [0.1, 0.15) is 5.75 Å². The van der Waals surface area contributed by atoms with E-state index in [0.29, 0.717) is 28.6 Å². The van der Waals surface area contributed by atoms with Crippen molar-refractivity contribution in [2.45, 2.75) is 32.4 Å². The van der Waals surface area contributed by atoms with Crippen molar-refractivity contribution in [3.05, 3.63) is 52.8 Å². The number of anilines is 1. The Morgan fingerprint density at radius 3 is 2.86 bits per heavy atom. The summed E-state index contributed by atoms with van der Waals surface area (Å²) in [7, 11) is 0. The zero-order valence-corrected chi connectivity index (χ0v) is 16.4. The quantitative estimate of drug-likeness (QED) is 0.796. The van der Waals surface area contributed by atoms with Crippen LogP contribution in [0.4, 0.5) is 5.69 Å². The number of Topliss-reactive ketones (excluding diaryl/α,β-unsaturated/α-hetero) is 1. The number of nitrogens with one attached hydrogen (secondary N) is 1. The maximum atomic E-state index is 12.9. The minimum atomic E-state index is -0.522. The highest BCUT2D eigenvalue weighted by Gasteiger charge is 2.28. The van der Waals surface area contributed by atoms with E-state index in [1.807, 2.05) is 12.1 Å². The van der Waals surface area contributed by atoms with Crippen molar-refractivity contribution in [1.82, 2.24) is 9.88 Å². The first-order chi connectivity index (χ1) is 13.5. The molecule has 1 fully saturated rings. The summed E-state index contributed by atoms with van der Waals surface area (Å²) in [6.07, 6.45) is 2.81. The van der Waals surface area contributed by atoms with Gasteiger partial charge in [-0.15, -0.1) is 0 Å². The maximum absolute atomic E-state index is 12.9. The molecule has 6 nitrogen and oxygen atoms in total. The monoisotopic (exact) mass is 399 g/mol. The van der Waals surface area contributed by atoms with E-state index >= 15 is 0 Å². The molecule has 1 N–H and O–H groups in total. The Bertz CT molecular complexity index is 910. The topological polar surface area (TPSA) is 71.5 Å². The Morgan fingerprint density at radius 1 is 1.32 bits per heavy atom. The van der Waals surface area contributed by atoms with Crippen LogP contribution in [0.25, 0.3) is 0 Å². The number of hydrogen-bond acceptors (Lipinski definition) is 5. The van der Waals surface area contributed by atoms with Gasteiger partial charge in [0.15, 0.2) is 11.9 Å². The Labute approximate surface area is 168 Å². The molecule has 28 heavy (non-hydrogen) atoms. The molecule has 2 aliphatic heterocycles. The van der Waals surface area contributed by atoms with E-state index in [1.165, 1.54) is 0 Å². The highest BCUT2D eigenvalue weighted by Crippen LogP contribution is 2.32. The lowest BCUT2D eigenvalue weighted by molar-refractivity contribution is -0.122. The fourth-order valence-corrected chi connectivity index (χ4v) is 3.88. The predicted octanol–water partition coefficient (Wildman–Crippen LogP) is 3.55. The smallest absolute Gasteiger partial charge is 0.265 e. The minimum absolute atomic E-state index is 0.0207. The van der Waals surface area contributed by atoms with Crippen molar-refractivity contribution < 1.29 is 14.3 Å². The lowest BCUT2D eigenvalue weighted by Gasteiger charge is -2.31. The van der Waals surface area contributed by atoms with Crippen LogP contribution in [0.1, 0.15) is 35.8 Å². The molecule has 1 amide bonds. The number of benzene rings is 1. The summed E-state index contributed by atoms with van der Waals surface area (Å²) >= 11 is 6.20. The van der Waals surface area contributed by atoms with Crippen molar-refractivity contribution >= 4 is 29.0 Å². The van der Waals surface area contributed by atoms with Crippen molar-refractivity contribution in [1.29, 1.82) is 0 Å². The fourth-order valence-electron chi connectivity index (χ4n) is 3.70. The van der Waals surface area contributed by atoms with Crippen LogP contribution >= 0.6 is 11.6 Å². The summed E-state index contributed by atoms with van der Waals surface area (Å²) in [5.74, 6) is 0.503. The lowest BCUT2D eigenvalue weighted by Crippen LogP contribution is -2.36. The third-order valence-corrected chi connectivity index (χ3v) is 5.71. The minimum Gasteiger partial charge on any atom is -0.479 e. The molecule has 0 bridgehead atoms. The number of pyridine rings is 1. The number of fused-ring (bicyclic) bond motifs is 1. The van der Waals surface area contributed by atoms with Gasteiger partial charge in [-0.2, -0.15) is 0 Å². The van der Waals surface area contributed by atoms with E-state index in [-0.39, 0.29) is 17.6 Å². The number of ether oxygens (including phenoxy) is 1. The van der Waals surface area contributed by atoms with Crippen LogP contribution in [-0.2, 0) is 11.3 Å². The lowest BCUT2D eigenvalue weighted by atomic mass is 9.88. The molecule has 0 aliphatic carbocycles. The average Bonchev–Trinajstić information content (AvgIpc) is 2.70. The SMILES string of the molecule is CC1Oc2ccc(C(=O)C3CCN(Cc4ncccc4Cl)CC3)cc2NC1=O. The predicted molar refractivity (Wildman–Crippen MR) is 107 cm³/mol. The molecule has 1 atom stereocenters. The van der Waals surface area contributed by atoms with Crippen LogP contribution in [0.5, 0.6) is 5.75 Å². The number of ketones is 1. The number of piperidine rings is 1. The van der Waals surface area contributed by atoms with Gasteiger partial charge in [0.25, 0.3) is 5.91 Å². The molecule has 2 aliphatic rings. The number of likely N-dealkylation sites (tertiary alicyclic amines) is 1. The first kappa shape index (κ1) is 18.9. The van der Waals surface area contributed by atoms with E-state index in [9.17, 15) is 9.59 Å². The Morgan fingerprint density at radius 2 is 2.11 bits per heavy atom. The largest absolute Gasteiger partial charge is 0.479 e. The standard InChI is InChI=1S/C21H22ClN3O3/c1-13-21(27)24-17-11-15(4-5-19(17)28-13)20(26)14-6-9-25(10-7-14)12-18-16(22)3-2-8-23-18/h2-5,8,11,13-14H,6-7,9-10,12H2,1H3,(H,24,27). The van der Waals surface area contributed by atoms with Gasteiger partial charge < -0.3 is 10.1 Å². The van der Waals surface area contributed by atoms with Gasteiger partial charge in [0, 0.05) is 24.2 Å². The van der Waals surface area contributed by atoms with Gasteiger partial charge in [-0.05, 0) is 63.2 Å². The van der Waals surface area contributed by atoms with E-state index in [1.54, 1.807) is 31.3 Å². The Hall–Kier alpha value is -2.44. The Kier molecular flexibility index (Phi) is 5.33. The van der Waals surface area contributed by atoms with E-state index < -0.39 is 6.10 Å². The first-order valence-corrected chi connectivity index (χ1v) is 9.86. The third-order valence-electron chi connectivity index (χ3n) is 5.36. The van der Waals surface area contributed by atoms with Crippen LogP contribution in [-0.4, -0.2) is 40.8 Å². The molecule has 1 aromatic carbocycles. The van der Waals surface area contributed by atoms with Gasteiger partial charge >= 0.3 is 0 Å². The normalized spacial score (nSPS) is 20.2. The van der Waals surface area contributed by atoms with Gasteiger partial charge in [-0.3, -0.25) is 19.5 Å².